The number of fused-ring (bicyclic) bond motifs is 1. The van der Waals surface area contributed by atoms with Crippen LogP contribution in [-0.2, 0) is 4.79 Å². The maximum absolute atomic E-state index is 12.5. The van der Waals surface area contributed by atoms with Crippen molar-refractivity contribution in [1.29, 1.82) is 0 Å². The molecule has 0 spiro atoms. The van der Waals surface area contributed by atoms with Crippen molar-refractivity contribution in [3.05, 3.63) is 41.5 Å². The standard InChI is InChI=1S/C23H28N4OS/c1-16-8-7-13-27(14-16)19(28)11-6-12-24-22-21-20(18-9-4-3-5-10-18)17(2)29-23(21)26-15-25-22/h3-5,9-10,15-16H,6-8,11-14H2,1-2H3,(H,24,25,26). The van der Waals surface area contributed by atoms with Gasteiger partial charge in [0.2, 0.25) is 5.91 Å². The van der Waals surface area contributed by atoms with Crippen LogP contribution in [0, 0.1) is 12.8 Å². The molecule has 0 bridgehead atoms. The highest BCUT2D eigenvalue weighted by molar-refractivity contribution is 7.19. The molecule has 0 saturated carbocycles. The van der Waals surface area contributed by atoms with Gasteiger partial charge in [-0.2, -0.15) is 0 Å². The fraction of sp³-hybridized carbons (Fsp3) is 0.435. The van der Waals surface area contributed by atoms with Gasteiger partial charge in [-0.15, -0.1) is 11.3 Å². The van der Waals surface area contributed by atoms with Crippen LogP contribution in [0.5, 0.6) is 0 Å². The summed E-state index contributed by atoms with van der Waals surface area (Å²) in [6.07, 6.45) is 5.37. The largest absolute Gasteiger partial charge is 0.369 e. The highest BCUT2D eigenvalue weighted by Crippen LogP contribution is 2.40. The van der Waals surface area contributed by atoms with E-state index in [-0.39, 0.29) is 5.91 Å². The Hall–Kier alpha value is -2.47. The highest BCUT2D eigenvalue weighted by atomic mass is 32.1. The lowest BCUT2D eigenvalue weighted by atomic mass is 10.00. The average Bonchev–Trinajstić information content (AvgIpc) is 3.08. The first-order valence-electron chi connectivity index (χ1n) is 10.4. The van der Waals surface area contributed by atoms with Crippen molar-refractivity contribution in [1.82, 2.24) is 14.9 Å². The zero-order chi connectivity index (χ0) is 20.2. The Morgan fingerprint density at radius 2 is 2.10 bits per heavy atom. The minimum Gasteiger partial charge on any atom is -0.369 e. The van der Waals surface area contributed by atoms with Crippen molar-refractivity contribution in [2.24, 2.45) is 5.92 Å². The fourth-order valence-electron chi connectivity index (χ4n) is 4.15. The first-order chi connectivity index (χ1) is 14.1. The summed E-state index contributed by atoms with van der Waals surface area (Å²) in [6.45, 7) is 6.92. The van der Waals surface area contributed by atoms with E-state index in [0.29, 0.717) is 12.3 Å². The zero-order valence-corrected chi connectivity index (χ0v) is 18.0. The number of rotatable bonds is 6. The fourth-order valence-corrected chi connectivity index (χ4v) is 5.16. The molecular weight excluding hydrogens is 380 g/mol. The second-order valence-electron chi connectivity index (χ2n) is 7.92. The molecule has 152 valence electrons. The summed E-state index contributed by atoms with van der Waals surface area (Å²) in [5.41, 5.74) is 2.38. The van der Waals surface area contributed by atoms with Gasteiger partial charge in [-0.3, -0.25) is 4.79 Å². The average molecular weight is 409 g/mol. The van der Waals surface area contributed by atoms with Gasteiger partial charge in [0.1, 0.15) is 17.0 Å². The molecule has 29 heavy (non-hydrogen) atoms. The van der Waals surface area contributed by atoms with Crippen molar-refractivity contribution in [2.75, 3.05) is 25.0 Å². The molecule has 0 radical (unpaired) electrons. The monoisotopic (exact) mass is 408 g/mol. The number of carbonyl (C=O) groups excluding carboxylic acids is 1. The minimum atomic E-state index is 0.280. The summed E-state index contributed by atoms with van der Waals surface area (Å²) < 4.78 is 0. The number of likely N-dealkylation sites (tertiary alicyclic amines) is 1. The summed E-state index contributed by atoms with van der Waals surface area (Å²) in [5.74, 6) is 1.76. The maximum atomic E-state index is 12.5. The third kappa shape index (κ3) is 4.42. The van der Waals surface area contributed by atoms with Crippen LogP contribution >= 0.6 is 11.3 Å². The van der Waals surface area contributed by atoms with Gasteiger partial charge in [-0.05, 0) is 37.7 Å². The molecule has 3 aromatic rings. The number of amides is 1. The summed E-state index contributed by atoms with van der Waals surface area (Å²) in [6, 6.07) is 10.4. The Morgan fingerprint density at radius 1 is 1.28 bits per heavy atom. The SMILES string of the molecule is Cc1sc2ncnc(NCCCC(=O)N3CCCC(C)C3)c2c1-c1ccccc1. The van der Waals surface area contributed by atoms with Gasteiger partial charge in [0.15, 0.2) is 0 Å². The van der Waals surface area contributed by atoms with E-state index in [4.69, 9.17) is 0 Å². The highest BCUT2D eigenvalue weighted by Gasteiger charge is 2.20. The van der Waals surface area contributed by atoms with E-state index < -0.39 is 0 Å². The van der Waals surface area contributed by atoms with E-state index in [9.17, 15) is 4.79 Å². The summed E-state index contributed by atoms with van der Waals surface area (Å²) >= 11 is 1.70. The van der Waals surface area contributed by atoms with E-state index in [2.05, 4.69) is 53.4 Å². The van der Waals surface area contributed by atoms with Crippen LogP contribution in [0.15, 0.2) is 36.7 Å². The van der Waals surface area contributed by atoms with E-state index >= 15 is 0 Å². The minimum absolute atomic E-state index is 0.280. The van der Waals surface area contributed by atoms with Crippen molar-refractivity contribution in [3.63, 3.8) is 0 Å². The van der Waals surface area contributed by atoms with Crippen LogP contribution in [0.4, 0.5) is 5.82 Å². The molecule has 1 aromatic carbocycles. The van der Waals surface area contributed by atoms with E-state index in [1.807, 2.05) is 11.0 Å². The molecule has 0 aliphatic carbocycles. The number of nitrogens with zero attached hydrogens (tertiary/aromatic N) is 3. The predicted octanol–water partition coefficient (Wildman–Crippen LogP) is 5.12. The quantitative estimate of drug-likeness (QED) is 0.575. The van der Waals surface area contributed by atoms with Crippen LogP contribution in [0.1, 0.15) is 37.5 Å². The molecule has 1 aliphatic rings. The van der Waals surface area contributed by atoms with Gasteiger partial charge < -0.3 is 10.2 Å². The number of carbonyl (C=O) groups is 1. The van der Waals surface area contributed by atoms with Crippen LogP contribution in [-0.4, -0.2) is 40.4 Å². The molecule has 2 aromatic heterocycles. The predicted molar refractivity (Wildman–Crippen MR) is 120 cm³/mol. The molecule has 3 heterocycles. The number of benzene rings is 1. The maximum Gasteiger partial charge on any atom is 0.222 e. The molecule has 1 atom stereocenters. The zero-order valence-electron chi connectivity index (χ0n) is 17.1. The number of anilines is 1. The van der Waals surface area contributed by atoms with Crippen molar-refractivity contribution in [2.45, 2.75) is 39.5 Å². The third-order valence-corrected chi connectivity index (χ3v) is 6.61. The number of hydrogen-bond acceptors (Lipinski definition) is 5. The van der Waals surface area contributed by atoms with Gasteiger partial charge >= 0.3 is 0 Å². The van der Waals surface area contributed by atoms with E-state index in [1.165, 1.54) is 22.4 Å². The van der Waals surface area contributed by atoms with Crippen molar-refractivity contribution < 1.29 is 4.79 Å². The number of nitrogens with one attached hydrogen (secondary N) is 1. The smallest absolute Gasteiger partial charge is 0.222 e. The Bertz CT molecular complexity index is 985. The molecule has 1 aliphatic heterocycles. The molecule has 5 nitrogen and oxygen atoms in total. The molecule has 4 rings (SSSR count). The van der Waals surface area contributed by atoms with Crippen LogP contribution in [0.25, 0.3) is 21.3 Å². The van der Waals surface area contributed by atoms with Crippen LogP contribution in [0.2, 0.25) is 0 Å². The molecule has 1 N–H and O–H groups in total. The van der Waals surface area contributed by atoms with Gasteiger partial charge in [-0.25, -0.2) is 9.97 Å². The number of thiophene rings is 1. The lowest BCUT2D eigenvalue weighted by Crippen LogP contribution is -2.39. The van der Waals surface area contributed by atoms with Crippen LogP contribution < -0.4 is 5.32 Å². The van der Waals surface area contributed by atoms with Crippen molar-refractivity contribution >= 4 is 33.3 Å². The molecule has 6 heteroatoms. The van der Waals surface area contributed by atoms with Crippen molar-refractivity contribution in [3.8, 4) is 11.1 Å². The molecular formula is C23H28N4OS. The number of aromatic nitrogens is 2. The normalized spacial score (nSPS) is 16.9. The molecule has 1 amide bonds. The first-order valence-corrected chi connectivity index (χ1v) is 11.3. The van der Waals surface area contributed by atoms with E-state index in [0.717, 1.165) is 48.5 Å². The Labute approximate surface area is 176 Å². The van der Waals surface area contributed by atoms with Gasteiger partial charge in [0.25, 0.3) is 0 Å². The number of piperidine rings is 1. The Kier molecular flexibility index (Phi) is 6.09. The van der Waals surface area contributed by atoms with Gasteiger partial charge in [-0.1, -0.05) is 37.3 Å². The lowest BCUT2D eigenvalue weighted by molar-refractivity contribution is -0.132. The Balaban J connectivity index is 1.44. The lowest BCUT2D eigenvalue weighted by Gasteiger charge is -2.31. The molecule has 1 fully saturated rings. The summed E-state index contributed by atoms with van der Waals surface area (Å²) in [4.78, 5) is 25.7. The molecule has 1 saturated heterocycles. The number of aryl methyl sites for hydroxylation is 1. The summed E-state index contributed by atoms with van der Waals surface area (Å²) in [5, 5.41) is 4.54. The van der Waals surface area contributed by atoms with E-state index in [1.54, 1.807) is 17.7 Å². The number of hydrogen-bond donors (Lipinski definition) is 1. The van der Waals surface area contributed by atoms with Gasteiger partial charge in [0.05, 0.1) is 5.39 Å². The first kappa shape index (κ1) is 19.8. The third-order valence-electron chi connectivity index (χ3n) is 5.60. The van der Waals surface area contributed by atoms with Gasteiger partial charge in [0, 0.05) is 36.5 Å². The van der Waals surface area contributed by atoms with Crippen LogP contribution in [0.3, 0.4) is 0 Å². The topological polar surface area (TPSA) is 58.1 Å². The second-order valence-corrected chi connectivity index (χ2v) is 9.12. The molecule has 1 unspecified atom stereocenters. The second kappa shape index (κ2) is 8.91. The Morgan fingerprint density at radius 3 is 2.90 bits per heavy atom. The summed E-state index contributed by atoms with van der Waals surface area (Å²) in [7, 11) is 0.